The fraction of sp³-hybridized carbons (Fsp3) is 0.412. The molecule has 0 radical (unpaired) electrons. The monoisotopic (exact) mass is 290 g/mol. The van der Waals surface area contributed by atoms with E-state index in [4.69, 9.17) is 9.47 Å². The molecule has 0 aliphatic rings. The van der Waals surface area contributed by atoms with E-state index < -0.39 is 12.1 Å². The summed E-state index contributed by atoms with van der Waals surface area (Å²) in [4.78, 5) is 11.8. The Morgan fingerprint density at radius 3 is 2.43 bits per heavy atom. The van der Waals surface area contributed by atoms with E-state index in [1.807, 2.05) is 13.8 Å². The van der Waals surface area contributed by atoms with Crippen LogP contribution in [0.4, 0.5) is 0 Å². The van der Waals surface area contributed by atoms with Gasteiger partial charge < -0.3 is 14.6 Å². The zero-order valence-corrected chi connectivity index (χ0v) is 12.9. The molecule has 1 N–H and O–H groups in total. The number of hydrogen-bond donors (Lipinski definition) is 1. The first-order valence-corrected chi connectivity index (χ1v) is 6.95. The van der Waals surface area contributed by atoms with Gasteiger partial charge in [-0.3, -0.25) is 0 Å². The van der Waals surface area contributed by atoms with E-state index in [-0.39, 0.29) is 5.92 Å². The molecule has 1 atom stereocenters. The number of benzene rings is 1. The van der Waals surface area contributed by atoms with Crippen molar-refractivity contribution in [1.82, 2.24) is 0 Å². The minimum atomic E-state index is -0.834. The molecule has 0 aliphatic carbocycles. The zero-order chi connectivity index (χ0) is 15.8. The van der Waals surface area contributed by atoms with Crippen LogP contribution in [0.1, 0.15) is 32.4 Å². The SMILES string of the molecule is CCOC(=O)C(=C=CC(O)c1ccc(OC)cc1)C(C)C. The second kappa shape index (κ2) is 8.30. The molecule has 0 amide bonds. The molecule has 0 saturated heterocycles. The van der Waals surface area contributed by atoms with Gasteiger partial charge in [0.2, 0.25) is 0 Å². The van der Waals surface area contributed by atoms with Crippen molar-refractivity contribution in [1.29, 1.82) is 0 Å². The molecule has 21 heavy (non-hydrogen) atoms. The van der Waals surface area contributed by atoms with Crippen molar-refractivity contribution < 1.29 is 19.4 Å². The van der Waals surface area contributed by atoms with Gasteiger partial charge in [0.1, 0.15) is 11.9 Å². The predicted molar refractivity (Wildman–Crippen MR) is 81.0 cm³/mol. The van der Waals surface area contributed by atoms with Crippen molar-refractivity contribution in [3.05, 3.63) is 47.2 Å². The molecule has 1 rings (SSSR count). The fourth-order valence-electron chi connectivity index (χ4n) is 1.74. The average molecular weight is 290 g/mol. The number of esters is 1. The van der Waals surface area contributed by atoms with Crippen LogP contribution in [0, 0.1) is 5.92 Å². The van der Waals surface area contributed by atoms with E-state index in [0.717, 1.165) is 5.75 Å². The highest BCUT2D eigenvalue weighted by Crippen LogP contribution is 2.19. The first-order chi connectivity index (χ1) is 9.99. The van der Waals surface area contributed by atoms with E-state index >= 15 is 0 Å². The van der Waals surface area contributed by atoms with E-state index in [2.05, 4.69) is 5.73 Å². The van der Waals surface area contributed by atoms with Crippen molar-refractivity contribution >= 4 is 5.97 Å². The number of rotatable bonds is 6. The van der Waals surface area contributed by atoms with Gasteiger partial charge >= 0.3 is 5.97 Å². The zero-order valence-electron chi connectivity index (χ0n) is 12.9. The van der Waals surface area contributed by atoms with Crippen molar-refractivity contribution in [2.75, 3.05) is 13.7 Å². The lowest BCUT2D eigenvalue weighted by molar-refractivity contribution is -0.139. The highest BCUT2D eigenvalue weighted by atomic mass is 16.5. The largest absolute Gasteiger partial charge is 0.497 e. The Kier molecular flexibility index (Phi) is 6.73. The van der Waals surface area contributed by atoms with Crippen LogP contribution < -0.4 is 4.74 Å². The van der Waals surface area contributed by atoms with Crippen LogP contribution in [0.3, 0.4) is 0 Å². The average Bonchev–Trinajstić information content (AvgIpc) is 2.47. The molecule has 0 aromatic heterocycles. The highest BCUT2D eigenvalue weighted by molar-refractivity contribution is 5.88. The fourth-order valence-corrected chi connectivity index (χ4v) is 1.74. The van der Waals surface area contributed by atoms with Crippen LogP contribution in [-0.2, 0) is 9.53 Å². The summed E-state index contributed by atoms with van der Waals surface area (Å²) in [6, 6.07) is 7.07. The highest BCUT2D eigenvalue weighted by Gasteiger charge is 2.14. The number of aliphatic hydroxyl groups is 1. The first-order valence-electron chi connectivity index (χ1n) is 6.95. The molecular weight excluding hydrogens is 268 g/mol. The molecule has 0 bridgehead atoms. The summed E-state index contributed by atoms with van der Waals surface area (Å²) in [6.45, 7) is 5.84. The van der Waals surface area contributed by atoms with E-state index in [0.29, 0.717) is 17.7 Å². The van der Waals surface area contributed by atoms with Crippen LogP contribution in [0.15, 0.2) is 41.6 Å². The summed E-state index contributed by atoms with van der Waals surface area (Å²) in [5, 5.41) is 10.1. The molecule has 1 unspecified atom stereocenters. The lowest BCUT2D eigenvalue weighted by atomic mass is 10.0. The second-order valence-corrected chi connectivity index (χ2v) is 4.82. The summed E-state index contributed by atoms with van der Waals surface area (Å²) in [6.07, 6.45) is 0.632. The molecule has 0 spiro atoms. The van der Waals surface area contributed by atoms with Crippen molar-refractivity contribution in [3.63, 3.8) is 0 Å². The maximum atomic E-state index is 11.8. The molecule has 1 aromatic rings. The number of ether oxygens (including phenoxy) is 2. The number of methoxy groups -OCH3 is 1. The topological polar surface area (TPSA) is 55.8 Å². The van der Waals surface area contributed by atoms with E-state index in [1.54, 1.807) is 38.3 Å². The third-order valence-corrected chi connectivity index (χ3v) is 2.93. The lowest BCUT2D eigenvalue weighted by Gasteiger charge is -2.08. The molecule has 0 heterocycles. The van der Waals surface area contributed by atoms with Gasteiger partial charge in [-0.1, -0.05) is 26.0 Å². The first kappa shape index (κ1) is 17.0. The molecule has 114 valence electrons. The maximum Gasteiger partial charge on any atom is 0.342 e. The Balaban J connectivity index is 2.96. The quantitative estimate of drug-likeness (QED) is 0.497. The Morgan fingerprint density at radius 1 is 1.33 bits per heavy atom. The summed E-state index contributed by atoms with van der Waals surface area (Å²) in [5.41, 5.74) is 3.99. The van der Waals surface area contributed by atoms with E-state index in [9.17, 15) is 9.90 Å². The van der Waals surface area contributed by atoms with Gasteiger partial charge in [0.25, 0.3) is 0 Å². The predicted octanol–water partition coefficient (Wildman–Crippen LogP) is 3.03. The molecule has 0 saturated carbocycles. The Morgan fingerprint density at radius 2 is 1.95 bits per heavy atom. The Labute approximate surface area is 125 Å². The summed E-state index contributed by atoms with van der Waals surface area (Å²) < 4.78 is 10.0. The standard InChI is InChI=1S/C17H22O4/c1-5-21-17(19)15(12(2)3)10-11-16(18)13-6-8-14(20-4)9-7-13/h6-9,11-12,16,18H,5H2,1-4H3. The van der Waals surface area contributed by atoms with Gasteiger partial charge in [0.05, 0.1) is 19.3 Å². The maximum absolute atomic E-state index is 11.8. The smallest absolute Gasteiger partial charge is 0.342 e. The van der Waals surface area contributed by atoms with Crippen LogP contribution >= 0.6 is 0 Å². The van der Waals surface area contributed by atoms with Crippen molar-refractivity contribution in [2.24, 2.45) is 5.92 Å². The molecular formula is C17H22O4. The number of carbonyl (C=O) groups excluding carboxylic acids is 1. The van der Waals surface area contributed by atoms with E-state index in [1.165, 1.54) is 6.08 Å². The summed E-state index contributed by atoms with van der Waals surface area (Å²) in [7, 11) is 1.59. The Hall–Kier alpha value is -2.03. The molecule has 0 fully saturated rings. The molecule has 0 aliphatic heterocycles. The van der Waals surface area contributed by atoms with Gasteiger partial charge in [0, 0.05) is 0 Å². The van der Waals surface area contributed by atoms with Crippen LogP contribution in [0.5, 0.6) is 5.75 Å². The molecule has 4 heteroatoms. The third-order valence-electron chi connectivity index (χ3n) is 2.93. The normalized spacial score (nSPS) is 11.5. The third kappa shape index (κ3) is 5.10. The van der Waals surface area contributed by atoms with Gasteiger partial charge in [-0.25, -0.2) is 4.79 Å². The van der Waals surface area contributed by atoms with Crippen LogP contribution in [-0.4, -0.2) is 24.8 Å². The van der Waals surface area contributed by atoms with Crippen LogP contribution in [0.25, 0.3) is 0 Å². The molecule has 1 aromatic carbocycles. The van der Waals surface area contributed by atoms with Gasteiger partial charge in [-0.15, -0.1) is 5.73 Å². The van der Waals surface area contributed by atoms with Gasteiger partial charge in [-0.05, 0) is 36.6 Å². The van der Waals surface area contributed by atoms with Gasteiger partial charge in [0.15, 0.2) is 0 Å². The number of hydrogen-bond acceptors (Lipinski definition) is 4. The molecule has 4 nitrogen and oxygen atoms in total. The lowest BCUT2D eigenvalue weighted by Crippen LogP contribution is -2.11. The summed E-state index contributed by atoms with van der Waals surface area (Å²) >= 11 is 0. The van der Waals surface area contributed by atoms with Crippen molar-refractivity contribution in [3.8, 4) is 5.75 Å². The number of aliphatic hydroxyl groups excluding tert-OH is 1. The van der Waals surface area contributed by atoms with Crippen LogP contribution in [0.2, 0.25) is 0 Å². The minimum absolute atomic E-state index is 0.0247. The van der Waals surface area contributed by atoms with Crippen molar-refractivity contribution in [2.45, 2.75) is 26.9 Å². The second-order valence-electron chi connectivity index (χ2n) is 4.82. The Bertz CT molecular complexity index is 522. The number of carbonyl (C=O) groups is 1. The summed E-state index contributed by atoms with van der Waals surface area (Å²) in [5.74, 6) is 0.300. The minimum Gasteiger partial charge on any atom is -0.497 e. The van der Waals surface area contributed by atoms with Gasteiger partial charge in [-0.2, -0.15) is 0 Å².